The van der Waals surface area contributed by atoms with E-state index in [2.05, 4.69) is 17.3 Å². The molecule has 2 rings (SSSR count). The minimum Gasteiger partial charge on any atom is -0.342 e. The van der Waals surface area contributed by atoms with Crippen molar-refractivity contribution in [2.24, 2.45) is 0 Å². The van der Waals surface area contributed by atoms with Crippen LogP contribution < -0.4 is 0 Å². The molecule has 0 radical (unpaired) electrons. The van der Waals surface area contributed by atoms with Gasteiger partial charge < -0.3 is 4.90 Å². The van der Waals surface area contributed by atoms with E-state index in [1.54, 1.807) is 28.0 Å². The fraction of sp³-hybridized carbons (Fsp3) is 0.412. The van der Waals surface area contributed by atoms with E-state index in [0.717, 1.165) is 40.7 Å². The Morgan fingerprint density at radius 3 is 2.64 bits per heavy atom. The zero-order valence-corrected chi connectivity index (χ0v) is 15.0. The first-order valence-corrected chi connectivity index (χ1v) is 9.36. The van der Waals surface area contributed by atoms with Crippen molar-refractivity contribution in [2.45, 2.75) is 36.8 Å². The Kier molecular flexibility index (Phi) is 6.46. The molecule has 0 aliphatic carbocycles. The van der Waals surface area contributed by atoms with E-state index in [4.69, 9.17) is 0 Å². The van der Waals surface area contributed by atoms with Crippen LogP contribution in [0, 0.1) is 6.92 Å². The second-order valence-corrected chi connectivity index (χ2v) is 7.40. The third-order valence-corrected chi connectivity index (χ3v) is 5.56. The molecule has 0 aliphatic heterocycles. The van der Waals surface area contributed by atoms with E-state index in [9.17, 15) is 4.79 Å². The van der Waals surface area contributed by atoms with Crippen LogP contribution in [0.1, 0.15) is 41.4 Å². The zero-order valence-electron chi connectivity index (χ0n) is 13.3. The Morgan fingerprint density at radius 1 is 1.32 bits per heavy atom. The number of thioether (sulfide) groups is 1. The highest BCUT2D eigenvalue weighted by atomic mass is 32.2. The van der Waals surface area contributed by atoms with Gasteiger partial charge in [0.2, 0.25) is 0 Å². The van der Waals surface area contributed by atoms with Gasteiger partial charge >= 0.3 is 0 Å². The van der Waals surface area contributed by atoms with Crippen LogP contribution in [0.15, 0.2) is 34.0 Å². The number of hydrogen-bond donors (Lipinski definition) is 0. The Balaban J connectivity index is 1.90. The van der Waals surface area contributed by atoms with E-state index in [1.807, 2.05) is 38.2 Å². The maximum atomic E-state index is 12.3. The number of amides is 1. The molecule has 0 aliphatic rings. The number of hydrogen-bond acceptors (Lipinski definition) is 4. The third-order valence-electron chi connectivity index (χ3n) is 3.35. The second kappa shape index (κ2) is 8.34. The van der Waals surface area contributed by atoms with Crippen molar-refractivity contribution in [1.82, 2.24) is 9.88 Å². The van der Waals surface area contributed by atoms with Crippen LogP contribution in [0.3, 0.4) is 0 Å². The number of carbonyl (C=O) groups is 1. The molecule has 1 heterocycles. The summed E-state index contributed by atoms with van der Waals surface area (Å²) in [7, 11) is 1.87. The van der Waals surface area contributed by atoms with Crippen LogP contribution in [0.25, 0.3) is 0 Å². The molecule has 22 heavy (non-hydrogen) atoms. The second-order valence-electron chi connectivity index (χ2n) is 5.32. The van der Waals surface area contributed by atoms with Crippen molar-refractivity contribution in [1.29, 1.82) is 0 Å². The first-order chi connectivity index (χ1) is 10.6. The fourth-order valence-electron chi connectivity index (χ4n) is 2.00. The Hall–Kier alpha value is -1.33. The molecule has 0 saturated heterocycles. The van der Waals surface area contributed by atoms with E-state index in [0.29, 0.717) is 0 Å². The van der Waals surface area contributed by atoms with Gasteiger partial charge in [0.05, 0.1) is 0 Å². The van der Waals surface area contributed by atoms with E-state index in [-0.39, 0.29) is 5.91 Å². The predicted molar refractivity (Wildman–Crippen MR) is 94.7 cm³/mol. The maximum Gasteiger partial charge on any atom is 0.253 e. The molecule has 1 aromatic carbocycles. The molecule has 0 saturated carbocycles. The van der Waals surface area contributed by atoms with Crippen LogP contribution in [-0.2, 0) is 5.75 Å². The lowest BCUT2D eigenvalue weighted by molar-refractivity contribution is 0.0793. The minimum absolute atomic E-state index is 0.100. The normalized spacial score (nSPS) is 10.7. The van der Waals surface area contributed by atoms with E-state index >= 15 is 0 Å². The number of carbonyl (C=O) groups excluding carboxylic acids is 1. The van der Waals surface area contributed by atoms with E-state index < -0.39 is 0 Å². The first kappa shape index (κ1) is 17.0. The summed E-state index contributed by atoms with van der Waals surface area (Å²) >= 11 is 3.42. The average Bonchev–Trinajstić information content (AvgIpc) is 2.96. The summed E-state index contributed by atoms with van der Waals surface area (Å²) in [6.45, 7) is 4.96. The number of nitrogens with zero attached hydrogens (tertiary/aromatic N) is 2. The van der Waals surface area contributed by atoms with Gasteiger partial charge in [0.15, 0.2) is 0 Å². The highest BCUT2D eigenvalue weighted by Crippen LogP contribution is 2.26. The Labute approximate surface area is 140 Å². The molecule has 0 bridgehead atoms. The third kappa shape index (κ3) is 4.85. The van der Waals surface area contributed by atoms with Crippen molar-refractivity contribution >= 4 is 29.0 Å². The van der Waals surface area contributed by atoms with Crippen molar-refractivity contribution < 1.29 is 4.79 Å². The lowest BCUT2D eigenvalue weighted by Gasteiger charge is -2.16. The van der Waals surface area contributed by atoms with Crippen molar-refractivity contribution in [3.05, 3.63) is 46.5 Å². The average molecular weight is 335 g/mol. The zero-order chi connectivity index (χ0) is 15.9. The van der Waals surface area contributed by atoms with Crippen LogP contribution in [0.4, 0.5) is 0 Å². The molecule has 118 valence electrons. The SMILES string of the molecule is CCCCN(C)C(=O)c1ccc(CSc2nc(C)cs2)cc1. The van der Waals surface area contributed by atoms with Gasteiger partial charge in [-0.15, -0.1) is 11.3 Å². The summed E-state index contributed by atoms with van der Waals surface area (Å²) < 4.78 is 1.09. The molecule has 0 spiro atoms. The molecule has 1 amide bonds. The van der Waals surface area contributed by atoms with Crippen LogP contribution in [0.5, 0.6) is 0 Å². The minimum atomic E-state index is 0.100. The van der Waals surface area contributed by atoms with E-state index in [1.165, 1.54) is 5.56 Å². The standard InChI is InChI=1S/C17H22N2OS2/c1-4-5-10-19(3)16(20)15-8-6-14(7-9-15)12-22-17-18-13(2)11-21-17/h6-9,11H,4-5,10,12H2,1-3H3. The number of rotatable bonds is 7. The molecule has 2 aromatic rings. The van der Waals surface area contributed by atoms with Crippen LogP contribution >= 0.6 is 23.1 Å². The molecular formula is C17H22N2OS2. The van der Waals surface area contributed by atoms with Gasteiger partial charge in [-0.2, -0.15) is 0 Å². The summed E-state index contributed by atoms with van der Waals surface area (Å²) in [5.41, 5.74) is 3.05. The number of thiazole rings is 1. The van der Waals surface area contributed by atoms with Gasteiger partial charge in [0.25, 0.3) is 5.91 Å². The summed E-state index contributed by atoms with van der Waals surface area (Å²) in [6, 6.07) is 7.92. The summed E-state index contributed by atoms with van der Waals surface area (Å²) in [4.78, 5) is 18.5. The quantitative estimate of drug-likeness (QED) is 0.693. The Morgan fingerprint density at radius 2 is 2.05 bits per heavy atom. The van der Waals surface area contributed by atoms with Gasteiger partial charge in [-0.05, 0) is 31.0 Å². The highest BCUT2D eigenvalue weighted by molar-refractivity contribution is 8.00. The monoisotopic (exact) mass is 334 g/mol. The fourth-order valence-corrected chi connectivity index (χ4v) is 3.81. The number of aromatic nitrogens is 1. The summed E-state index contributed by atoms with van der Waals surface area (Å²) in [5.74, 6) is 0.982. The van der Waals surface area contributed by atoms with Gasteiger partial charge in [-0.3, -0.25) is 4.79 Å². The largest absolute Gasteiger partial charge is 0.342 e. The molecule has 3 nitrogen and oxygen atoms in total. The van der Waals surface area contributed by atoms with Crippen molar-refractivity contribution in [2.75, 3.05) is 13.6 Å². The van der Waals surface area contributed by atoms with Crippen molar-refractivity contribution in [3.8, 4) is 0 Å². The topological polar surface area (TPSA) is 33.2 Å². The first-order valence-electron chi connectivity index (χ1n) is 7.49. The van der Waals surface area contributed by atoms with Crippen LogP contribution in [-0.4, -0.2) is 29.4 Å². The lowest BCUT2D eigenvalue weighted by atomic mass is 10.1. The molecular weight excluding hydrogens is 312 g/mol. The molecule has 0 fully saturated rings. The van der Waals surface area contributed by atoms with Gasteiger partial charge in [-0.25, -0.2) is 4.98 Å². The molecule has 0 N–H and O–H groups in total. The van der Waals surface area contributed by atoms with Gasteiger partial charge in [-0.1, -0.05) is 37.2 Å². The predicted octanol–water partition coefficient (Wildman–Crippen LogP) is 4.62. The summed E-state index contributed by atoms with van der Waals surface area (Å²) in [6.07, 6.45) is 2.15. The highest BCUT2D eigenvalue weighted by Gasteiger charge is 2.10. The van der Waals surface area contributed by atoms with Gasteiger partial charge in [0.1, 0.15) is 4.34 Å². The summed E-state index contributed by atoms with van der Waals surface area (Å²) in [5, 5.41) is 2.07. The lowest BCUT2D eigenvalue weighted by Crippen LogP contribution is -2.27. The molecule has 0 unspecified atom stereocenters. The molecule has 1 aromatic heterocycles. The van der Waals surface area contributed by atoms with Crippen molar-refractivity contribution in [3.63, 3.8) is 0 Å². The Bertz CT molecular complexity index is 607. The smallest absolute Gasteiger partial charge is 0.253 e. The van der Waals surface area contributed by atoms with Crippen LogP contribution in [0.2, 0.25) is 0 Å². The molecule has 5 heteroatoms. The van der Waals surface area contributed by atoms with Gasteiger partial charge in [0, 0.05) is 36.0 Å². The number of unbranched alkanes of at least 4 members (excludes halogenated alkanes) is 1. The number of benzene rings is 1. The number of aryl methyl sites for hydroxylation is 1. The molecule has 0 atom stereocenters. The maximum absolute atomic E-state index is 12.3.